The molecule has 1 aliphatic heterocycles. The molecule has 0 saturated carbocycles. The van der Waals surface area contributed by atoms with Gasteiger partial charge in [-0.2, -0.15) is 0 Å². The molecule has 1 heterocycles. The smallest absolute Gasteiger partial charge is 0.329 e. The minimum absolute atomic E-state index is 0.165. The Morgan fingerprint density at radius 1 is 1.09 bits per heavy atom. The first-order valence-electron chi connectivity index (χ1n) is 10.5. The van der Waals surface area contributed by atoms with Crippen molar-refractivity contribution >= 4 is 39.2 Å². The number of carbonyl (C=O) groups excluding carboxylic acids is 2. The van der Waals surface area contributed by atoms with Crippen LogP contribution < -0.4 is 20.3 Å². The second kappa shape index (κ2) is 9.25. The fourth-order valence-electron chi connectivity index (χ4n) is 3.81. The Hall–Kier alpha value is -3.36. The van der Waals surface area contributed by atoms with Gasteiger partial charge < -0.3 is 20.5 Å². The number of carbonyl (C=O) groups is 2. The predicted molar refractivity (Wildman–Crippen MR) is 130 cm³/mol. The number of fused-ring (bicyclic) bond motifs is 1. The van der Waals surface area contributed by atoms with Crippen molar-refractivity contribution in [1.82, 2.24) is 5.32 Å². The van der Waals surface area contributed by atoms with E-state index in [0.717, 1.165) is 22.4 Å². The molecule has 8 heteroatoms. The molecule has 0 fully saturated rings. The lowest BCUT2D eigenvalue weighted by molar-refractivity contribution is -0.140. The van der Waals surface area contributed by atoms with Crippen LogP contribution in [0.15, 0.2) is 71.2 Å². The Kier molecular flexibility index (Phi) is 6.40. The molecule has 170 valence electrons. The highest BCUT2D eigenvalue weighted by atomic mass is 79.9. The molecular formula is C25H24BrN3O4. The van der Waals surface area contributed by atoms with Crippen molar-refractivity contribution in [2.75, 3.05) is 17.3 Å². The predicted octanol–water partition coefficient (Wildman–Crippen LogP) is 4.53. The Labute approximate surface area is 200 Å². The molecule has 0 radical (unpaired) electrons. The van der Waals surface area contributed by atoms with E-state index >= 15 is 0 Å². The van der Waals surface area contributed by atoms with E-state index in [4.69, 9.17) is 4.74 Å². The average molecular weight is 510 g/mol. The normalized spacial score (nSPS) is 17.2. The van der Waals surface area contributed by atoms with Gasteiger partial charge in [-0.25, -0.2) is 4.79 Å². The topological polar surface area (TPSA) is 90.9 Å². The maximum Gasteiger partial charge on any atom is 0.329 e. The standard InChI is InChI=1S/C25H24BrN3O4/c1-3-16-4-9-19(10-5-16)29-24(31)28-22-13-8-18(26)14-21(22)25(29,32)23(30)27-15-17-6-11-20(33-2)12-7-17/h4-14,32H,3,15H2,1-2H3,(H,27,30)(H,28,31). The Bertz CT molecular complexity index is 1180. The van der Waals surface area contributed by atoms with Crippen molar-refractivity contribution < 1.29 is 19.4 Å². The van der Waals surface area contributed by atoms with Crippen molar-refractivity contribution in [3.05, 3.63) is 87.9 Å². The van der Waals surface area contributed by atoms with Crippen LogP contribution in [-0.4, -0.2) is 24.2 Å². The molecule has 3 aromatic rings. The van der Waals surface area contributed by atoms with E-state index < -0.39 is 17.7 Å². The van der Waals surface area contributed by atoms with Gasteiger partial charge in [-0.1, -0.05) is 47.1 Å². The van der Waals surface area contributed by atoms with Gasteiger partial charge in [0.25, 0.3) is 11.6 Å². The number of hydrogen-bond donors (Lipinski definition) is 3. The number of nitrogens with zero attached hydrogens (tertiary/aromatic N) is 1. The van der Waals surface area contributed by atoms with Gasteiger partial charge in [0.05, 0.1) is 12.8 Å². The second-order valence-corrected chi connectivity index (χ2v) is 8.59. The number of urea groups is 1. The molecule has 0 aliphatic carbocycles. The number of nitrogens with one attached hydrogen (secondary N) is 2. The first kappa shape index (κ1) is 22.8. The Balaban J connectivity index is 1.73. The lowest BCUT2D eigenvalue weighted by Crippen LogP contribution is -2.62. The monoisotopic (exact) mass is 509 g/mol. The van der Waals surface area contributed by atoms with Gasteiger partial charge in [-0.3, -0.25) is 9.69 Å². The molecule has 1 atom stereocenters. The molecule has 33 heavy (non-hydrogen) atoms. The number of aliphatic hydroxyl groups is 1. The third kappa shape index (κ3) is 4.31. The SMILES string of the molecule is CCc1ccc(N2C(=O)Nc3ccc(Br)cc3C2(O)C(=O)NCc2ccc(OC)cc2)cc1. The van der Waals surface area contributed by atoms with Crippen molar-refractivity contribution in [3.63, 3.8) is 0 Å². The first-order chi connectivity index (χ1) is 15.9. The van der Waals surface area contributed by atoms with Crippen LogP contribution in [0.4, 0.5) is 16.2 Å². The molecule has 0 bridgehead atoms. The number of benzene rings is 3. The Morgan fingerprint density at radius 3 is 2.39 bits per heavy atom. The highest BCUT2D eigenvalue weighted by Gasteiger charge is 2.52. The zero-order valence-corrected chi connectivity index (χ0v) is 19.8. The molecular weight excluding hydrogens is 486 g/mol. The van der Waals surface area contributed by atoms with E-state index in [2.05, 4.69) is 26.6 Å². The molecule has 3 aromatic carbocycles. The number of rotatable bonds is 6. The number of hydrogen-bond acceptors (Lipinski definition) is 4. The third-order valence-corrected chi connectivity index (χ3v) is 6.15. The Morgan fingerprint density at radius 2 is 1.76 bits per heavy atom. The van der Waals surface area contributed by atoms with Crippen LogP contribution in [0.5, 0.6) is 5.75 Å². The van der Waals surface area contributed by atoms with Crippen LogP contribution in [0.2, 0.25) is 0 Å². The summed E-state index contributed by atoms with van der Waals surface area (Å²) in [5.41, 5.74) is 0.669. The molecule has 3 N–H and O–H groups in total. The molecule has 1 aliphatic rings. The van der Waals surface area contributed by atoms with Gasteiger partial charge in [0.2, 0.25) is 0 Å². The minimum Gasteiger partial charge on any atom is -0.497 e. The summed E-state index contributed by atoms with van der Waals surface area (Å²) in [5, 5.41) is 17.5. The summed E-state index contributed by atoms with van der Waals surface area (Å²) >= 11 is 3.40. The third-order valence-electron chi connectivity index (χ3n) is 5.66. The van der Waals surface area contributed by atoms with E-state index in [-0.39, 0.29) is 12.1 Å². The summed E-state index contributed by atoms with van der Waals surface area (Å²) in [6, 6.07) is 18.8. The summed E-state index contributed by atoms with van der Waals surface area (Å²) in [7, 11) is 1.58. The number of anilines is 2. The molecule has 3 amide bonds. The van der Waals surface area contributed by atoms with Gasteiger partial charge in [0.1, 0.15) is 5.75 Å². The van der Waals surface area contributed by atoms with E-state index in [1.807, 2.05) is 31.2 Å². The number of aryl methyl sites for hydroxylation is 1. The zero-order chi connectivity index (χ0) is 23.6. The number of halogens is 1. The molecule has 0 aromatic heterocycles. The average Bonchev–Trinajstić information content (AvgIpc) is 2.83. The highest BCUT2D eigenvalue weighted by molar-refractivity contribution is 9.10. The maximum absolute atomic E-state index is 13.5. The molecule has 1 unspecified atom stereocenters. The van der Waals surface area contributed by atoms with Gasteiger partial charge in [0.15, 0.2) is 0 Å². The van der Waals surface area contributed by atoms with Crippen molar-refractivity contribution in [1.29, 1.82) is 0 Å². The quantitative estimate of drug-likeness (QED) is 0.455. The van der Waals surface area contributed by atoms with Gasteiger partial charge in [-0.05, 0) is 60.0 Å². The van der Waals surface area contributed by atoms with Crippen molar-refractivity contribution in [2.24, 2.45) is 0 Å². The number of ether oxygens (including phenoxy) is 1. The number of amides is 3. The second-order valence-electron chi connectivity index (χ2n) is 7.68. The largest absolute Gasteiger partial charge is 0.497 e. The summed E-state index contributed by atoms with van der Waals surface area (Å²) in [6.45, 7) is 2.19. The fourth-order valence-corrected chi connectivity index (χ4v) is 4.17. The molecule has 0 spiro atoms. The first-order valence-corrected chi connectivity index (χ1v) is 11.3. The molecule has 0 saturated heterocycles. The van der Waals surface area contributed by atoms with E-state index in [0.29, 0.717) is 21.6 Å². The summed E-state index contributed by atoms with van der Waals surface area (Å²) in [6.07, 6.45) is 0.828. The highest BCUT2D eigenvalue weighted by Crippen LogP contribution is 2.41. The van der Waals surface area contributed by atoms with Crippen LogP contribution in [0.3, 0.4) is 0 Å². The summed E-state index contributed by atoms with van der Waals surface area (Å²) < 4.78 is 5.83. The zero-order valence-electron chi connectivity index (χ0n) is 18.3. The van der Waals surface area contributed by atoms with Crippen LogP contribution in [0.1, 0.15) is 23.6 Å². The van der Waals surface area contributed by atoms with Crippen LogP contribution >= 0.6 is 15.9 Å². The van der Waals surface area contributed by atoms with E-state index in [9.17, 15) is 14.7 Å². The van der Waals surface area contributed by atoms with Crippen molar-refractivity contribution in [3.8, 4) is 5.75 Å². The fraction of sp³-hybridized carbons (Fsp3) is 0.200. The van der Waals surface area contributed by atoms with Gasteiger partial charge in [0, 0.05) is 22.3 Å². The number of methoxy groups -OCH3 is 1. The summed E-state index contributed by atoms with van der Waals surface area (Å²) in [4.78, 5) is 27.7. The van der Waals surface area contributed by atoms with Crippen LogP contribution in [0.25, 0.3) is 0 Å². The maximum atomic E-state index is 13.5. The molecule has 7 nitrogen and oxygen atoms in total. The van der Waals surface area contributed by atoms with Gasteiger partial charge >= 0.3 is 6.03 Å². The lowest BCUT2D eigenvalue weighted by Gasteiger charge is -2.42. The van der Waals surface area contributed by atoms with E-state index in [1.165, 1.54) is 0 Å². The van der Waals surface area contributed by atoms with Crippen LogP contribution in [0, 0.1) is 0 Å². The van der Waals surface area contributed by atoms with Crippen molar-refractivity contribution in [2.45, 2.75) is 25.6 Å². The minimum atomic E-state index is -2.26. The lowest BCUT2D eigenvalue weighted by atomic mass is 9.94. The van der Waals surface area contributed by atoms with Crippen LogP contribution in [-0.2, 0) is 23.5 Å². The molecule has 4 rings (SSSR count). The van der Waals surface area contributed by atoms with Gasteiger partial charge in [-0.15, -0.1) is 0 Å². The van der Waals surface area contributed by atoms with E-state index in [1.54, 1.807) is 49.6 Å². The summed E-state index contributed by atoms with van der Waals surface area (Å²) in [5.74, 6) is -0.0137.